The molecule has 0 spiro atoms. The minimum atomic E-state index is 0.0925. The number of aromatic nitrogens is 1. The van der Waals surface area contributed by atoms with Gasteiger partial charge in [0.1, 0.15) is 11.2 Å². The molecule has 6 aromatic carbocycles. The van der Waals surface area contributed by atoms with Crippen LogP contribution in [0.1, 0.15) is 33.4 Å². The van der Waals surface area contributed by atoms with Crippen molar-refractivity contribution in [3.05, 3.63) is 124 Å². The first kappa shape index (κ1) is 26.3. The molecule has 0 saturated carbocycles. The fourth-order valence-corrected chi connectivity index (χ4v) is 9.75. The third-order valence-electron chi connectivity index (χ3n) is 11.1. The van der Waals surface area contributed by atoms with Crippen LogP contribution in [0.2, 0.25) is 0 Å². The number of hydrogen-bond acceptors (Lipinski definition) is 1. The Labute approximate surface area is 269 Å². The van der Waals surface area contributed by atoms with Crippen molar-refractivity contribution in [2.45, 2.75) is 41.5 Å². The van der Waals surface area contributed by atoms with Gasteiger partial charge in [-0.05, 0) is 75.5 Å². The van der Waals surface area contributed by atoms with Crippen molar-refractivity contribution in [2.24, 2.45) is 0 Å². The molecule has 0 radical (unpaired) electrons. The molecule has 0 bridgehead atoms. The molecule has 2 aliphatic heterocycles. The highest BCUT2D eigenvalue weighted by Gasteiger charge is 2.43. The summed E-state index contributed by atoms with van der Waals surface area (Å²) in [5.74, 6) is 0. The lowest BCUT2D eigenvalue weighted by molar-refractivity contribution is 0.669. The highest BCUT2D eigenvalue weighted by atomic mass is 16.3. The van der Waals surface area contributed by atoms with Crippen LogP contribution in [-0.2, 0) is 0 Å². The predicted molar refractivity (Wildman–Crippen MR) is 199 cm³/mol. The Morgan fingerprint density at radius 3 is 1.67 bits per heavy atom. The van der Waals surface area contributed by atoms with E-state index in [1.807, 2.05) is 0 Å². The zero-order chi connectivity index (χ0) is 31.2. The largest absolute Gasteiger partial charge is 0.456 e. The van der Waals surface area contributed by atoms with Crippen LogP contribution in [0.25, 0.3) is 49.4 Å². The summed E-state index contributed by atoms with van der Waals surface area (Å²) in [6.07, 6.45) is 0. The Balaban J connectivity index is 1.48. The maximum atomic E-state index is 6.70. The first-order chi connectivity index (χ1) is 22.3. The van der Waals surface area contributed by atoms with Crippen LogP contribution in [0, 0.1) is 41.5 Å². The molecule has 2 aromatic heterocycles. The van der Waals surface area contributed by atoms with Crippen LogP contribution in [0.5, 0.6) is 0 Å². The zero-order valence-corrected chi connectivity index (χ0v) is 27.2. The van der Waals surface area contributed by atoms with Crippen LogP contribution in [0.15, 0.2) is 95.4 Å². The smallest absolute Gasteiger partial charge is 0.247 e. The van der Waals surface area contributed by atoms with Gasteiger partial charge in [-0.1, -0.05) is 123 Å². The van der Waals surface area contributed by atoms with Gasteiger partial charge in [0, 0.05) is 32.7 Å². The molecule has 10 rings (SSSR count). The normalized spacial score (nSPS) is 13.3. The second kappa shape index (κ2) is 8.85. The molecule has 0 amide bonds. The zero-order valence-electron chi connectivity index (χ0n) is 27.2. The standard InChI is InChI=1S/C42H33B2NO/c1-22-17-24(3)38(25(4)18-22)43-30-13-9-12-29-37-36-28-11-7-8-16-34(28)46-35(36)21-33-42(37)45(40(29)30)41-31(43)14-10-15-32(41)44(33)39-26(5)19-23(2)20-27(39)6/h7-21H,1-6H3. The minimum absolute atomic E-state index is 0.0925. The number of nitrogens with zero attached hydrogens (tertiary/aromatic N) is 1. The lowest BCUT2D eigenvalue weighted by Crippen LogP contribution is -2.64. The van der Waals surface area contributed by atoms with E-state index >= 15 is 0 Å². The Morgan fingerprint density at radius 1 is 0.478 bits per heavy atom. The lowest BCUT2D eigenvalue weighted by atomic mass is 9.30. The van der Waals surface area contributed by atoms with Gasteiger partial charge in [0.05, 0.1) is 5.52 Å². The minimum Gasteiger partial charge on any atom is -0.456 e. The van der Waals surface area contributed by atoms with Crippen molar-refractivity contribution < 1.29 is 4.42 Å². The van der Waals surface area contributed by atoms with Crippen LogP contribution in [-0.4, -0.2) is 18.0 Å². The van der Waals surface area contributed by atoms with E-state index in [1.54, 1.807) is 0 Å². The van der Waals surface area contributed by atoms with E-state index in [9.17, 15) is 0 Å². The first-order valence-corrected chi connectivity index (χ1v) is 16.5. The maximum Gasteiger partial charge on any atom is 0.247 e. The summed E-state index contributed by atoms with van der Waals surface area (Å²) in [5.41, 5.74) is 22.4. The Hall–Kier alpha value is -4.95. The third kappa shape index (κ3) is 3.15. The molecule has 0 aliphatic carbocycles. The first-order valence-electron chi connectivity index (χ1n) is 16.5. The number of rotatable bonds is 2. The molecular weight excluding hydrogens is 556 g/mol. The molecule has 2 nitrogen and oxygen atoms in total. The number of hydrogen-bond donors (Lipinski definition) is 0. The predicted octanol–water partition coefficient (Wildman–Crippen LogP) is 6.19. The molecule has 0 saturated heterocycles. The highest BCUT2D eigenvalue weighted by molar-refractivity contribution is 7.02. The van der Waals surface area contributed by atoms with E-state index < -0.39 is 0 Å². The maximum absolute atomic E-state index is 6.70. The van der Waals surface area contributed by atoms with Crippen molar-refractivity contribution in [2.75, 3.05) is 0 Å². The quantitative estimate of drug-likeness (QED) is 0.220. The molecule has 4 heterocycles. The van der Waals surface area contributed by atoms with Gasteiger partial charge in [0.15, 0.2) is 0 Å². The van der Waals surface area contributed by atoms with E-state index in [1.165, 1.54) is 104 Å². The monoisotopic (exact) mass is 589 g/mol. The van der Waals surface area contributed by atoms with E-state index in [4.69, 9.17) is 4.42 Å². The molecule has 0 unspecified atom stereocenters. The van der Waals surface area contributed by atoms with Gasteiger partial charge in [-0.15, -0.1) is 0 Å². The van der Waals surface area contributed by atoms with Gasteiger partial charge < -0.3 is 8.98 Å². The second-order valence-electron chi connectivity index (χ2n) is 14.0. The number of aryl methyl sites for hydroxylation is 6. The average molecular weight is 589 g/mol. The van der Waals surface area contributed by atoms with Gasteiger partial charge in [-0.2, -0.15) is 0 Å². The van der Waals surface area contributed by atoms with E-state index in [2.05, 4.69) is 137 Å². The van der Waals surface area contributed by atoms with Crippen LogP contribution < -0.4 is 32.8 Å². The molecule has 4 heteroatoms. The number of para-hydroxylation sites is 3. The summed E-state index contributed by atoms with van der Waals surface area (Å²) in [4.78, 5) is 0. The van der Waals surface area contributed by atoms with Crippen molar-refractivity contribution in [1.29, 1.82) is 0 Å². The topological polar surface area (TPSA) is 18.1 Å². The van der Waals surface area contributed by atoms with Crippen LogP contribution in [0.4, 0.5) is 0 Å². The Bertz CT molecular complexity index is 2630. The second-order valence-corrected chi connectivity index (χ2v) is 14.0. The fraction of sp³-hybridized carbons (Fsp3) is 0.143. The van der Waals surface area contributed by atoms with Gasteiger partial charge in [0.25, 0.3) is 0 Å². The summed E-state index contributed by atoms with van der Waals surface area (Å²) >= 11 is 0. The van der Waals surface area contributed by atoms with Crippen LogP contribution >= 0.6 is 0 Å². The molecule has 0 N–H and O–H groups in total. The molecule has 218 valence electrons. The van der Waals surface area contributed by atoms with Gasteiger partial charge >= 0.3 is 0 Å². The summed E-state index contributed by atoms with van der Waals surface area (Å²) in [7, 11) is 0. The number of furan rings is 1. The van der Waals surface area contributed by atoms with E-state index in [0.29, 0.717) is 0 Å². The van der Waals surface area contributed by atoms with Gasteiger partial charge in [-0.25, -0.2) is 0 Å². The van der Waals surface area contributed by atoms with Crippen molar-refractivity contribution in [1.82, 2.24) is 4.57 Å². The molecule has 0 atom stereocenters. The van der Waals surface area contributed by atoms with Crippen molar-refractivity contribution >= 4 is 89.9 Å². The number of fused-ring (bicyclic) bond motifs is 5. The molecule has 0 fully saturated rings. The van der Waals surface area contributed by atoms with E-state index in [-0.39, 0.29) is 13.4 Å². The molecule has 2 aliphatic rings. The summed E-state index contributed by atoms with van der Waals surface area (Å²) < 4.78 is 9.35. The Morgan fingerprint density at radius 2 is 1.02 bits per heavy atom. The summed E-state index contributed by atoms with van der Waals surface area (Å²) in [6.45, 7) is 13.9. The summed E-state index contributed by atoms with van der Waals surface area (Å²) in [6, 6.07) is 34.5. The lowest BCUT2D eigenvalue weighted by Gasteiger charge is -2.35. The van der Waals surface area contributed by atoms with Crippen molar-refractivity contribution in [3.63, 3.8) is 0 Å². The third-order valence-corrected chi connectivity index (χ3v) is 11.1. The van der Waals surface area contributed by atoms with Gasteiger partial charge in [0.2, 0.25) is 13.4 Å². The summed E-state index contributed by atoms with van der Waals surface area (Å²) in [5, 5.41) is 5.05. The average Bonchev–Trinajstić information content (AvgIpc) is 3.56. The molecular formula is C42H33B2NO. The Kier molecular flexibility index (Phi) is 5.06. The fourth-order valence-electron chi connectivity index (χ4n) is 9.75. The van der Waals surface area contributed by atoms with E-state index in [0.717, 1.165) is 11.2 Å². The van der Waals surface area contributed by atoms with Gasteiger partial charge in [-0.3, -0.25) is 0 Å². The number of benzene rings is 6. The highest BCUT2D eigenvalue weighted by Crippen LogP contribution is 2.42. The molecule has 8 aromatic rings. The van der Waals surface area contributed by atoms with Crippen molar-refractivity contribution in [3.8, 4) is 5.69 Å². The van der Waals surface area contributed by atoms with Crippen LogP contribution in [0.3, 0.4) is 0 Å². The molecule has 46 heavy (non-hydrogen) atoms. The SMILES string of the molecule is Cc1cc(C)c(B2c3cccc4c3-n3c5c2cccc5c2c5c(cc(c23)B4c2c(C)cc(C)cc2C)oc2ccccc25)c(C)c1.